The van der Waals surface area contributed by atoms with Crippen LogP contribution in [-0.4, -0.2) is 17.6 Å². The summed E-state index contributed by atoms with van der Waals surface area (Å²) in [5, 5.41) is 4.26. The summed E-state index contributed by atoms with van der Waals surface area (Å²) in [5.41, 5.74) is 1.32. The van der Waals surface area contributed by atoms with Crippen molar-refractivity contribution in [2.45, 2.75) is 25.4 Å². The number of methoxy groups -OCH3 is 1. The van der Waals surface area contributed by atoms with Gasteiger partial charge in [0.2, 0.25) is 0 Å². The molecule has 5 heteroatoms. The van der Waals surface area contributed by atoms with Crippen LogP contribution in [0.3, 0.4) is 0 Å². The molecule has 3 aromatic rings. The number of hydrogen-bond donors (Lipinski definition) is 1. The molecule has 0 radical (unpaired) electrons. The van der Waals surface area contributed by atoms with E-state index < -0.39 is 0 Å². The Balaban J connectivity index is 1.73. The lowest BCUT2D eigenvalue weighted by Gasteiger charge is -2.14. The smallest absolute Gasteiger partial charge is 0.268 e. The molecule has 1 aromatic heterocycles. The number of rotatable bonds is 5. The second kappa shape index (κ2) is 6.67. The van der Waals surface area contributed by atoms with E-state index in [1.807, 2.05) is 30.3 Å². The molecule has 0 atom stereocenters. The molecule has 5 nitrogen and oxygen atoms in total. The van der Waals surface area contributed by atoms with Gasteiger partial charge in [-0.1, -0.05) is 30.3 Å². The number of fused-ring (bicyclic) bond motifs is 1. The molecule has 132 valence electrons. The van der Waals surface area contributed by atoms with Gasteiger partial charge >= 0.3 is 0 Å². The van der Waals surface area contributed by atoms with Crippen LogP contribution in [0.4, 0.5) is 0 Å². The van der Waals surface area contributed by atoms with Gasteiger partial charge in [0.05, 0.1) is 7.11 Å². The number of pyridine rings is 1. The van der Waals surface area contributed by atoms with E-state index in [0.29, 0.717) is 23.4 Å². The van der Waals surface area contributed by atoms with Gasteiger partial charge in [0.15, 0.2) is 0 Å². The van der Waals surface area contributed by atoms with Crippen molar-refractivity contribution in [1.82, 2.24) is 9.88 Å². The maximum absolute atomic E-state index is 13.0. The number of carbonyl (C=O) groups excluding carboxylic acids is 1. The predicted octanol–water partition coefficient (Wildman–Crippen LogP) is 3.28. The van der Waals surface area contributed by atoms with Crippen molar-refractivity contribution in [3.8, 4) is 5.75 Å². The van der Waals surface area contributed by atoms with Crippen molar-refractivity contribution < 1.29 is 9.53 Å². The number of benzene rings is 2. The highest BCUT2D eigenvalue weighted by atomic mass is 16.5. The van der Waals surface area contributed by atoms with Crippen molar-refractivity contribution in [3.05, 3.63) is 76.2 Å². The van der Waals surface area contributed by atoms with E-state index in [4.69, 9.17) is 4.74 Å². The molecule has 26 heavy (non-hydrogen) atoms. The zero-order valence-corrected chi connectivity index (χ0v) is 14.6. The molecule has 1 N–H and O–H groups in total. The lowest BCUT2D eigenvalue weighted by Crippen LogP contribution is -2.31. The zero-order valence-electron chi connectivity index (χ0n) is 14.6. The lowest BCUT2D eigenvalue weighted by molar-refractivity contribution is 0.0940. The number of nitrogens with one attached hydrogen (secondary N) is 1. The standard InChI is InChI=1S/C21H20N2O3/c1-26-17-9-10-18-15(11-17)12-19(23(21(18)25)16-7-8-16)20(24)22-13-14-5-3-2-4-6-14/h2-6,9-12,16H,7-8,13H2,1H3,(H,22,24). The van der Waals surface area contributed by atoms with Crippen molar-refractivity contribution >= 4 is 16.7 Å². The highest BCUT2D eigenvalue weighted by Gasteiger charge is 2.29. The molecule has 1 aliphatic rings. The normalized spacial score (nSPS) is 13.6. The molecule has 0 unspecified atom stereocenters. The Morgan fingerprint density at radius 2 is 1.92 bits per heavy atom. The third-order valence-corrected chi connectivity index (χ3v) is 4.70. The quantitative estimate of drug-likeness (QED) is 0.770. The van der Waals surface area contributed by atoms with E-state index in [0.717, 1.165) is 23.8 Å². The molecule has 4 rings (SSSR count). The first-order chi connectivity index (χ1) is 12.7. The van der Waals surface area contributed by atoms with Gasteiger partial charge in [-0.25, -0.2) is 0 Å². The number of hydrogen-bond acceptors (Lipinski definition) is 3. The second-order valence-electron chi connectivity index (χ2n) is 6.56. The molecule has 2 aromatic carbocycles. The van der Waals surface area contributed by atoms with Crippen LogP contribution in [0.5, 0.6) is 5.75 Å². The minimum Gasteiger partial charge on any atom is -0.497 e. The monoisotopic (exact) mass is 348 g/mol. The van der Waals surface area contributed by atoms with Crippen LogP contribution in [0.2, 0.25) is 0 Å². The van der Waals surface area contributed by atoms with Gasteiger partial charge in [-0.3, -0.25) is 9.59 Å². The second-order valence-corrected chi connectivity index (χ2v) is 6.56. The average Bonchev–Trinajstić information content (AvgIpc) is 3.51. The number of amides is 1. The van der Waals surface area contributed by atoms with E-state index in [-0.39, 0.29) is 17.5 Å². The number of carbonyl (C=O) groups is 1. The van der Waals surface area contributed by atoms with E-state index in [2.05, 4.69) is 5.32 Å². The first kappa shape index (κ1) is 16.4. The van der Waals surface area contributed by atoms with Gasteiger partial charge in [0, 0.05) is 18.0 Å². The van der Waals surface area contributed by atoms with Gasteiger partial charge in [-0.05, 0) is 48.1 Å². The van der Waals surface area contributed by atoms with Crippen LogP contribution in [-0.2, 0) is 6.54 Å². The van der Waals surface area contributed by atoms with E-state index in [9.17, 15) is 9.59 Å². The van der Waals surface area contributed by atoms with Gasteiger partial charge in [-0.15, -0.1) is 0 Å². The van der Waals surface area contributed by atoms with Gasteiger partial charge < -0.3 is 14.6 Å². The number of ether oxygens (including phenoxy) is 1. The van der Waals surface area contributed by atoms with E-state index in [1.54, 1.807) is 35.9 Å². The maximum Gasteiger partial charge on any atom is 0.268 e. The summed E-state index contributed by atoms with van der Waals surface area (Å²) in [6, 6.07) is 17.0. The minimum atomic E-state index is -0.234. The van der Waals surface area contributed by atoms with Crippen LogP contribution in [0.15, 0.2) is 59.4 Å². The summed E-state index contributed by atoms with van der Waals surface area (Å²) < 4.78 is 6.90. The molecule has 0 spiro atoms. The van der Waals surface area contributed by atoms with Crippen LogP contribution >= 0.6 is 0 Å². The number of nitrogens with zero attached hydrogens (tertiary/aromatic N) is 1. The Hall–Kier alpha value is -3.08. The van der Waals surface area contributed by atoms with E-state index in [1.165, 1.54) is 0 Å². The summed E-state index contributed by atoms with van der Waals surface area (Å²) in [6.45, 7) is 0.425. The maximum atomic E-state index is 13.0. The molecular formula is C21H20N2O3. The van der Waals surface area contributed by atoms with Crippen LogP contribution in [0, 0.1) is 0 Å². The largest absolute Gasteiger partial charge is 0.497 e. The minimum absolute atomic E-state index is 0.113. The highest BCUT2D eigenvalue weighted by molar-refractivity contribution is 5.97. The molecular weight excluding hydrogens is 328 g/mol. The van der Waals surface area contributed by atoms with Crippen LogP contribution < -0.4 is 15.6 Å². The summed E-state index contributed by atoms with van der Waals surface area (Å²) >= 11 is 0. The van der Waals surface area contributed by atoms with Gasteiger partial charge in [0.25, 0.3) is 11.5 Å². The fraction of sp³-hybridized carbons (Fsp3) is 0.238. The Morgan fingerprint density at radius 3 is 2.62 bits per heavy atom. The fourth-order valence-electron chi connectivity index (χ4n) is 3.18. The third kappa shape index (κ3) is 3.08. The third-order valence-electron chi connectivity index (χ3n) is 4.70. The summed E-state index contributed by atoms with van der Waals surface area (Å²) in [4.78, 5) is 25.8. The van der Waals surface area contributed by atoms with E-state index >= 15 is 0 Å². The van der Waals surface area contributed by atoms with Crippen molar-refractivity contribution in [2.75, 3.05) is 7.11 Å². The molecule has 0 aliphatic heterocycles. The first-order valence-corrected chi connectivity index (χ1v) is 8.73. The van der Waals surface area contributed by atoms with Gasteiger partial charge in [-0.2, -0.15) is 0 Å². The molecule has 1 heterocycles. The highest BCUT2D eigenvalue weighted by Crippen LogP contribution is 2.35. The van der Waals surface area contributed by atoms with Gasteiger partial charge in [0.1, 0.15) is 11.4 Å². The SMILES string of the molecule is COc1ccc2c(=O)n(C3CC3)c(C(=O)NCc3ccccc3)cc2c1. The lowest BCUT2D eigenvalue weighted by atomic mass is 10.1. The molecule has 1 saturated carbocycles. The Labute approximate surface area is 151 Å². The molecule has 1 fully saturated rings. The summed E-state index contributed by atoms with van der Waals surface area (Å²) in [7, 11) is 1.58. The topological polar surface area (TPSA) is 60.3 Å². The van der Waals surface area contributed by atoms with Crippen molar-refractivity contribution in [1.29, 1.82) is 0 Å². The Bertz CT molecular complexity index is 1020. The van der Waals surface area contributed by atoms with Crippen molar-refractivity contribution in [3.63, 3.8) is 0 Å². The Morgan fingerprint density at radius 1 is 1.15 bits per heavy atom. The molecule has 1 aliphatic carbocycles. The first-order valence-electron chi connectivity index (χ1n) is 8.73. The summed E-state index contributed by atoms with van der Waals surface area (Å²) in [6.07, 6.45) is 1.86. The zero-order chi connectivity index (χ0) is 18.1. The molecule has 0 bridgehead atoms. The van der Waals surface area contributed by atoms with Crippen molar-refractivity contribution in [2.24, 2.45) is 0 Å². The fourth-order valence-corrected chi connectivity index (χ4v) is 3.18. The number of aromatic nitrogens is 1. The molecule has 0 saturated heterocycles. The predicted molar refractivity (Wildman–Crippen MR) is 101 cm³/mol. The summed E-state index contributed by atoms with van der Waals surface area (Å²) in [5.74, 6) is 0.430. The average molecular weight is 348 g/mol. The van der Waals surface area contributed by atoms with Crippen LogP contribution in [0.1, 0.15) is 34.9 Å². The molecule has 1 amide bonds. The van der Waals surface area contributed by atoms with Crippen LogP contribution in [0.25, 0.3) is 10.8 Å². The Kier molecular flexibility index (Phi) is 4.21.